The molecule has 0 N–H and O–H groups in total. The molecule has 0 aliphatic carbocycles. The van der Waals surface area contributed by atoms with Crippen molar-refractivity contribution in [3.05, 3.63) is 41.4 Å². The summed E-state index contributed by atoms with van der Waals surface area (Å²) in [5.41, 5.74) is 0.803. The summed E-state index contributed by atoms with van der Waals surface area (Å²) in [7, 11) is -3.48. The maximum absolute atomic E-state index is 12.3. The van der Waals surface area contributed by atoms with Crippen LogP contribution in [-0.4, -0.2) is 25.8 Å². The molecule has 1 rings (SSSR count). The van der Waals surface area contributed by atoms with Gasteiger partial charge in [0.1, 0.15) is 0 Å². The van der Waals surface area contributed by atoms with Crippen molar-refractivity contribution < 1.29 is 8.42 Å². The fourth-order valence-corrected chi connectivity index (χ4v) is 3.25. The molecule has 94 valence electrons. The highest BCUT2D eigenvalue weighted by Crippen LogP contribution is 2.20. The van der Waals surface area contributed by atoms with E-state index in [4.69, 9.17) is 11.6 Å². The second kappa shape index (κ2) is 5.67. The molecule has 1 aromatic rings. The van der Waals surface area contributed by atoms with Gasteiger partial charge in [0.25, 0.3) is 0 Å². The predicted octanol–water partition coefficient (Wildman–Crippen LogP) is 2.93. The van der Waals surface area contributed by atoms with Gasteiger partial charge in [-0.2, -0.15) is 4.31 Å². The molecule has 0 aliphatic heterocycles. The zero-order valence-electron chi connectivity index (χ0n) is 9.98. The summed E-state index contributed by atoms with van der Waals surface area (Å²) in [6.07, 6.45) is 0. The third-order valence-electron chi connectivity index (χ3n) is 2.23. The standard InChI is InChI=1S/C12H16ClNO2S/c1-4-14(9-10(2)3)17(15,16)12-7-5-6-11(13)8-12/h5-8H,2,4,9H2,1,3H3. The van der Waals surface area contributed by atoms with Crippen molar-refractivity contribution in [2.45, 2.75) is 18.7 Å². The van der Waals surface area contributed by atoms with Gasteiger partial charge < -0.3 is 0 Å². The molecule has 1 aromatic carbocycles. The number of sulfonamides is 1. The Morgan fingerprint density at radius 3 is 2.59 bits per heavy atom. The van der Waals surface area contributed by atoms with E-state index < -0.39 is 10.0 Å². The first-order chi connectivity index (χ1) is 7.87. The minimum atomic E-state index is -3.48. The van der Waals surface area contributed by atoms with Gasteiger partial charge in [-0.05, 0) is 25.1 Å². The van der Waals surface area contributed by atoms with E-state index >= 15 is 0 Å². The van der Waals surface area contributed by atoms with E-state index in [9.17, 15) is 8.42 Å². The number of likely N-dealkylation sites (N-methyl/N-ethyl adjacent to an activating group) is 1. The van der Waals surface area contributed by atoms with Crippen LogP contribution in [0, 0.1) is 0 Å². The first-order valence-electron chi connectivity index (χ1n) is 5.28. The fraction of sp³-hybridized carbons (Fsp3) is 0.333. The zero-order valence-corrected chi connectivity index (χ0v) is 11.6. The molecule has 5 heteroatoms. The van der Waals surface area contributed by atoms with Gasteiger partial charge in [-0.3, -0.25) is 0 Å². The van der Waals surface area contributed by atoms with Crippen LogP contribution in [0.3, 0.4) is 0 Å². The molecular formula is C12H16ClNO2S. The third-order valence-corrected chi connectivity index (χ3v) is 4.38. The Labute approximate surface area is 108 Å². The van der Waals surface area contributed by atoms with Crippen LogP contribution in [0.1, 0.15) is 13.8 Å². The predicted molar refractivity (Wildman–Crippen MR) is 70.7 cm³/mol. The molecule has 0 atom stereocenters. The smallest absolute Gasteiger partial charge is 0.207 e. The highest BCUT2D eigenvalue weighted by molar-refractivity contribution is 7.89. The van der Waals surface area contributed by atoms with Crippen LogP contribution >= 0.6 is 11.6 Å². The van der Waals surface area contributed by atoms with Crippen molar-refractivity contribution in [3.8, 4) is 0 Å². The lowest BCUT2D eigenvalue weighted by Gasteiger charge is -2.20. The molecule has 0 fully saturated rings. The van der Waals surface area contributed by atoms with Gasteiger partial charge in [0.2, 0.25) is 10.0 Å². The number of benzene rings is 1. The number of rotatable bonds is 5. The van der Waals surface area contributed by atoms with Gasteiger partial charge in [0, 0.05) is 18.1 Å². The summed E-state index contributed by atoms with van der Waals surface area (Å²) in [6, 6.07) is 6.28. The van der Waals surface area contributed by atoms with Crippen molar-refractivity contribution in [2.75, 3.05) is 13.1 Å². The van der Waals surface area contributed by atoms with Crippen LogP contribution in [0.2, 0.25) is 5.02 Å². The number of nitrogens with zero attached hydrogens (tertiary/aromatic N) is 1. The van der Waals surface area contributed by atoms with Gasteiger partial charge in [-0.15, -0.1) is 0 Å². The Kier molecular flexibility index (Phi) is 4.74. The lowest BCUT2D eigenvalue weighted by molar-refractivity contribution is 0.453. The molecule has 0 bridgehead atoms. The van der Waals surface area contributed by atoms with Crippen molar-refractivity contribution in [1.82, 2.24) is 4.31 Å². The first-order valence-corrected chi connectivity index (χ1v) is 7.10. The molecule has 0 heterocycles. The molecule has 0 unspecified atom stereocenters. The Morgan fingerprint density at radius 1 is 1.47 bits per heavy atom. The van der Waals surface area contributed by atoms with E-state index in [1.807, 2.05) is 0 Å². The second-order valence-corrected chi connectivity index (χ2v) is 6.22. The lowest BCUT2D eigenvalue weighted by atomic mass is 10.3. The van der Waals surface area contributed by atoms with Crippen LogP contribution in [0.4, 0.5) is 0 Å². The average molecular weight is 274 g/mol. The van der Waals surface area contributed by atoms with Gasteiger partial charge >= 0.3 is 0 Å². The van der Waals surface area contributed by atoms with Gasteiger partial charge in [-0.1, -0.05) is 36.7 Å². The van der Waals surface area contributed by atoms with Crippen molar-refractivity contribution in [1.29, 1.82) is 0 Å². The highest BCUT2D eigenvalue weighted by Gasteiger charge is 2.22. The monoisotopic (exact) mass is 273 g/mol. The largest absolute Gasteiger partial charge is 0.243 e. The summed E-state index contributed by atoms with van der Waals surface area (Å²) in [4.78, 5) is 0.216. The van der Waals surface area contributed by atoms with Crippen molar-refractivity contribution in [3.63, 3.8) is 0 Å². The molecule has 0 aromatic heterocycles. The van der Waals surface area contributed by atoms with E-state index in [0.717, 1.165) is 5.57 Å². The van der Waals surface area contributed by atoms with E-state index in [1.165, 1.54) is 10.4 Å². The summed E-state index contributed by atoms with van der Waals surface area (Å²) in [5.74, 6) is 0. The molecule has 0 amide bonds. The Bertz CT molecular complexity index is 511. The maximum Gasteiger partial charge on any atom is 0.243 e. The normalized spacial score (nSPS) is 11.8. The van der Waals surface area contributed by atoms with E-state index in [1.54, 1.807) is 32.0 Å². The second-order valence-electron chi connectivity index (χ2n) is 3.85. The van der Waals surface area contributed by atoms with Crippen LogP contribution in [0.5, 0.6) is 0 Å². The highest BCUT2D eigenvalue weighted by atomic mass is 35.5. The van der Waals surface area contributed by atoms with Crippen LogP contribution in [0.25, 0.3) is 0 Å². The van der Waals surface area contributed by atoms with Crippen molar-refractivity contribution in [2.24, 2.45) is 0 Å². The maximum atomic E-state index is 12.3. The quantitative estimate of drug-likeness (QED) is 0.774. The Balaban J connectivity index is 3.13. The van der Waals surface area contributed by atoms with Crippen LogP contribution in [0.15, 0.2) is 41.3 Å². The minimum Gasteiger partial charge on any atom is -0.207 e. The molecule has 0 aliphatic rings. The molecule has 0 saturated heterocycles. The molecule has 17 heavy (non-hydrogen) atoms. The third kappa shape index (κ3) is 3.56. The van der Waals surface area contributed by atoms with E-state index in [-0.39, 0.29) is 4.90 Å². The fourth-order valence-electron chi connectivity index (χ4n) is 1.44. The zero-order chi connectivity index (χ0) is 13.1. The summed E-state index contributed by atoms with van der Waals surface area (Å²) < 4.78 is 25.9. The number of hydrogen-bond donors (Lipinski definition) is 0. The van der Waals surface area contributed by atoms with Gasteiger partial charge in [0.05, 0.1) is 4.90 Å². The SMILES string of the molecule is C=C(C)CN(CC)S(=O)(=O)c1cccc(Cl)c1. The molecule has 0 spiro atoms. The molecule has 0 radical (unpaired) electrons. The van der Waals surface area contributed by atoms with Gasteiger partial charge in [0.15, 0.2) is 0 Å². The topological polar surface area (TPSA) is 37.4 Å². The Hall–Kier alpha value is -0.840. The van der Waals surface area contributed by atoms with E-state index in [0.29, 0.717) is 18.1 Å². The molecule has 3 nitrogen and oxygen atoms in total. The lowest BCUT2D eigenvalue weighted by Crippen LogP contribution is -2.32. The van der Waals surface area contributed by atoms with Crippen LogP contribution < -0.4 is 0 Å². The van der Waals surface area contributed by atoms with Gasteiger partial charge in [-0.25, -0.2) is 8.42 Å². The molecule has 0 saturated carbocycles. The van der Waals surface area contributed by atoms with E-state index in [2.05, 4.69) is 6.58 Å². The van der Waals surface area contributed by atoms with Crippen LogP contribution in [-0.2, 0) is 10.0 Å². The summed E-state index contributed by atoms with van der Waals surface area (Å²) >= 11 is 5.80. The number of hydrogen-bond acceptors (Lipinski definition) is 2. The average Bonchev–Trinajstić information content (AvgIpc) is 2.25. The Morgan fingerprint density at radius 2 is 2.12 bits per heavy atom. The summed E-state index contributed by atoms with van der Waals surface area (Å²) in [5, 5.41) is 0.414. The number of halogens is 1. The van der Waals surface area contributed by atoms with Crippen molar-refractivity contribution >= 4 is 21.6 Å². The first kappa shape index (κ1) is 14.2. The molecular weight excluding hydrogens is 258 g/mol. The minimum absolute atomic E-state index is 0.216. The summed E-state index contributed by atoms with van der Waals surface area (Å²) in [6.45, 7) is 8.06.